The first-order chi connectivity index (χ1) is 20.5. The summed E-state index contributed by atoms with van der Waals surface area (Å²) in [6, 6.07) is 9.39. The lowest BCUT2D eigenvalue weighted by Crippen LogP contribution is -2.44. The first kappa shape index (κ1) is 28.7. The van der Waals surface area contributed by atoms with E-state index in [2.05, 4.69) is 24.8 Å². The van der Waals surface area contributed by atoms with Crippen molar-refractivity contribution in [2.45, 2.75) is 69.9 Å². The van der Waals surface area contributed by atoms with E-state index in [1.807, 2.05) is 4.90 Å². The summed E-state index contributed by atoms with van der Waals surface area (Å²) >= 11 is 0. The van der Waals surface area contributed by atoms with Gasteiger partial charge in [-0.05, 0) is 57.3 Å². The molecule has 1 aromatic carbocycles. The largest absolute Gasteiger partial charge is 0.378 e. The van der Waals surface area contributed by atoms with Crippen LogP contribution in [0.1, 0.15) is 65.0 Å². The van der Waals surface area contributed by atoms with Crippen molar-refractivity contribution in [2.75, 3.05) is 56.6 Å². The topological polar surface area (TPSA) is 106 Å². The molecule has 1 atom stereocenters. The van der Waals surface area contributed by atoms with E-state index in [-0.39, 0.29) is 25.1 Å². The predicted octanol–water partition coefficient (Wildman–Crippen LogP) is 4.43. The number of fused-ring (bicyclic) bond motifs is 1. The standard InChI is InChI=1S/C16H16F2N6O.C14H24N2O.H2/c17-14(18)15-20-10-3-1-2-4-11(10)24(15)13-9-12(21-16(19)22-13)23-5-7-25-8-6-23;17-14-13(15-9-4-5-10-15)8-11-16(14)12-6-2-1-3-7-12;/h1-4,9,14H,5-8H2,(H2,19,21,22);12-13H,1-11H2;1H. The number of imidazole rings is 1. The molecule has 1 unspecified atom stereocenters. The summed E-state index contributed by atoms with van der Waals surface area (Å²) in [6.07, 6.45) is 7.42. The van der Waals surface area contributed by atoms with E-state index < -0.39 is 6.43 Å². The van der Waals surface area contributed by atoms with E-state index in [1.165, 1.54) is 49.5 Å². The zero-order valence-corrected chi connectivity index (χ0v) is 24.0. The molecule has 0 spiro atoms. The molecule has 0 bridgehead atoms. The molecule has 2 N–H and O–H groups in total. The second kappa shape index (κ2) is 12.9. The number of carbonyl (C=O) groups excluding carboxylic acids is 1. The van der Waals surface area contributed by atoms with Gasteiger partial charge in [-0.3, -0.25) is 14.3 Å². The molecule has 1 amide bonds. The van der Waals surface area contributed by atoms with Crippen LogP contribution >= 0.6 is 0 Å². The molecule has 4 fully saturated rings. The fourth-order valence-corrected chi connectivity index (χ4v) is 6.77. The number of hydrogen-bond acceptors (Lipinski definition) is 8. The fourth-order valence-electron chi connectivity index (χ4n) is 6.77. The number of nitrogen functional groups attached to an aromatic ring is 1. The van der Waals surface area contributed by atoms with Gasteiger partial charge in [-0.25, -0.2) is 13.8 Å². The summed E-state index contributed by atoms with van der Waals surface area (Å²) in [6.45, 7) is 5.78. The van der Waals surface area contributed by atoms with Crippen molar-refractivity contribution in [1.82, 2.24) is 29.3 Å². The highest BCUT2D eigenvalue weighted by Crippen LogP contribution is 2.30. The lowest BCUT2D eigenvalue weighted by atomic mass is 9.94. The number of nitrogens with zero attached hydrogens (tertiary/aromatic N) is 7. The van der Waals surface area contributed by atoms with Crippen molar-refractivity contribution in [3.8, 4) is 5.82 Å². The third kappa shape index (κ3) is 6.05. The maximum absolute atomic E-state index is 13.5. The molecule has 1 aliphatic carbocycles. The number of morpholine rings is 1. The molecule has 1 saturated carbocycles. The summed E-state index contributed by atoms with van der Waals surface area (Å²) < 4.78 is 33.7. The molecule has 7 rings (SSSR count). The van der Waals surface area contributed by atoms with Crippen molar-refractivity contribution in [1.29, 1.82) is 0 Å². The maximum Gasteiger partial charge on any atom is 0.296 e. The smallest absolute Gasteiger partial charge is 0.296 e. The number of ether oxygens (including phenoxy) is 1. The summed E-state index contributed by atoms with van der Waals surface area (Å²) in [5, 5.41) is 0. The third-order valence-electron chi connectivity index (χ3n) is 8.87. The van der Waals surface area contributed by atoms with E-state index in [4.69, 9.17) is 10.5 Å². The first-order valence-corrected chi connectivity index (χ1v) is 15.3. The Morgan fingerprint density at radius 1 is 0.881 bits per heavy atom. The van der Waals surface area contributed by atoms with Gasteiger partial charge in [0.2, 0.25) is 11.9 Å². The Kier molecular flexibility index (Phi) is 8.80. The first-order valence-electron chi connectivity index (χ1n) is 15.3. The fraction of sp³-hybridized carbons (Fsp3) is 0.600. The molecule has 4 aliphatic rings. The SMILES string of the molecule is Nc1nc(N2CCOCC2)cc(-n2c(C(F)F)nc3ccccc32)n1.O=C1C(N2CCCC2)CCN1C1CCCCC1.[HH]. The highest BCUT2D eigenvalue weighted by atomic mass is 19.3. The van der Waals surface area contributed by atoms with Crippen LogP contribution in [0.15, 0.2) is 30.3 Å². The number of para-hydroxylation sites is 2. The minimum atomic E-state index is -2.74. The van der Waals surface area contributed by atoms with Gasteiger partial charge in [-0.15, -0.1) is 0 Å². The second-order valence-corrected chi connectivity index (χ2v) is 11.5. The van der Waals surface area contributed by atoms with Crippen molar-refractivity contribution in [3.63, 3.8) is 0 Å². The molecular weight excluding hydrogens is 542 g/mol. The van der Waals surface area contributed by atoms with Crippen LogP contribution in [0.4, 0.5) is 20.5 Å². The molecule has 228 valence electrons. The van der Waals surface area contributed by atoms with Gasteiger partial charge in [-0.1, -0.05) is 31.4 Å². The van der Waals surface area contributed by atoms with Crippen molar-refractivity contribution in [3.05, 3.63) is 36.2 Å². The number of alkyl halides is 2. The lowest BCUT2D eigenvalue weighted by molar-refractivity contribution is -0.134. The number of likely N-dealkylation sites (tertiary alicyclic amines) is 2. The van der Waals surface area contributed by atoms with Crippen molar-refractivity contribution in [2.24, 2.45) is 0 Å². The normalized spacial score (nSPS) is 22.3. The molecular formula is C30H42F2N8O2. The molecule has 42 heavy (non-hydrogen) atoms. The van der Waals surface area contributed by atoms with Gasteiger partial charge >= 0.3 is 0 Å². The molecule has 2 aromatic heterocycles. The number of benzene rings is 1. The highest BCUT2D eigenvalue weighted by molar-refractivity contribution is 5.84. The van der Waals surface area contributed by atoms with E-state index >= 15 is 0 Å². The van der Waals surface area contributed by atoms with Crippen molar-refractivity contribution >= 4 is 28.7 Å². The lowest BCUT2D eigenvalue weighted by Gasteiger charge is -2.32. The Hall–Kier alpha value is -3.38. The average Bonchev–Trinajstić information content (AvgIpc) is 3.77. The Morgan fingerprint density at radius 2 is 1.60 bits per heavy atom. The Morgan fingerprint density at radius 3 is 2.33 bits per heavy atom. The number of rotatable bonds is 5. The van der Waals surface area contributed by atoms with Gasteiger partial charge in [0.1, 0.15) is 11.6 Å². The number of amides is 1. The molecule has 3 saturated heterocycles. The van der Waals surface area contributed by atoms with Crippen LogP contribution in [-0.4, -0.2) is 93.2 Å². The van der Waals surface area contributed by atoms with Gasteiger partial charge in [0.15, 0.2) is 5.82 Å². The molecule has 5 heterocycles. The second-order valence-electron chi connectivity index (χ2n) is 11.5. The van der Waals surface area contributed by atoms with Gasteiger partial charge < -0.3 is 20.3 Å². The van der Waals surface area contributed by atoms with Crippen LogP contribution in [0.5, 0.6) is 0 Å². The summed E-state index contributed by atoms with van der Waals surface area (Å²) in [5.41, 5.74) is 6.86. The minimum Gasteiger partial charge on any atom is -0.378 e. The molecule has 10 nitrogen and oxygen atoms in total. The average molecular weight is 585 g/mol. The predicted molar refractivity (Wildman–Crippen MR) is 159 cm³/mol. The van der Waals surface area contributed by atoms with Gasteiger partial charge in [-0.2, -0.15) is 9.97 Å². The molecule has 3 aliphatic heterocycles. The van der Waals surface area contributed by atoms with Crippen LogP contribution in [0.3, 0.4) is 0 Å². The zero-order chi connectivity index (χ0) is 29.1. The highest BCUT2D eigenvalue weighted by Gasteiger charge is 2.39. The Labute approximate surface area is 246 Å². The van der Waals surface area contributed by atoms with Crippen LogP contribution < -0.4 is 10.6 Å². The van der Waals surface area contributed by atoms with E-state index in [9.17, 15) is 13.6 Å². The number of hydrogen-bond donors (Lipinski definition) is 1. The summed E-state index contributed by atoms with van der Waals surface area (Å²) in [4.78, 5) is 31.5. The van der Waals surface area contributed by atoms with Gasteiger partial charge in [0.25, 0.3) is 6.43 Å². The third-order valence-corrected chi connectivity index (χ3v) is 8.87. The summed E-state index contributed by atoms with van der Waals surface area (Å²) in [5.74, 6) is 0.963. The number of nitrogens with two attached hydrogens (primary N) is 1. The minimum absolute atomic E-state index is 0. The molecule has 3 aromatic rings. The van der Waals surface area contributed by atoms with Crippen LogP contribution in [0, 0.1) is 0 Å². The van der Waals surface area contributed by atoms with Crippen LogP contribution in [-0.2, 0) is 9.53 Å². The van der Waals surface area contributed by atoms with Crippen LogP contribution in [0.2, 0.25) is 0 Å². The van der Waals surface area contributed by atoms with Gasteiger partial charge in [0, 0.05) is 33.2 Å². The van der Waals surface area contributed by atoms with E-state index in [0.717, 1.165) is 26.1 Å². The zero-order valence-electron chi connectivity index (χ0n) is 24.0. The number of aromatic nitrogens is 4. The number of anilines is 2. The monoisotopic (exact) mass is 584 g/mol. The van der Waals surface area contributed by atoms with Crippen LogP contribution in [0.25, 0.3) is 16.9 Å². The molecule has 0 radical (unpaired) electrons. The van der Waals surface area contributed by atoms with E-state index in [0.29, 0.717) is 55.1 Å². The maximum atomic E-state index is 13.5. The Balaban J connectivity index is 0.000000179. The quantitative estimate of drug-likeness (QED) is 0.470. The summed E-state index contributed by atoms with van der Waals surface area (Å²) in [7, 11) is 0. The number of halogens is 2. The Bertz CT molecular complexity index is 1370. The van der Waals surface area contributed by atoms with Crippen molar-refractivity contribution < 1.29 is 19.7 Å². The number of carbonyl (C=O) groups is 1. The van der Waals surface area contributed by atoms with E-state index in [1.54, 1.807) is 30.3 Å². The van der Waals surface area contributed by atoms with Gasteiger partial charge in [0.05, 0.1) is 30.3 Å². The molecule has 12 heteroatoms.